The molecular weight excluding hydrogens is 390 g/mol. The zero-order chi connectivity index (χ0) is 21.1. The molecule has 0 saturated carbocycles. The Bertz CT molecular complexity index is 1280. The van der Waals surface area contributed by atoms with Crippen LogP contribution in [0.25, 0.3) is 22.3 Å². The summed E-state index contributed by atoms with van der Waals surface area (Å²) in [6, 6.07) is 13.3. The molecule has 0 unspecified atom stereocenters. The first-order valence-corrected chi connectivity index (χ1v) is 8.93. The summed E-state index contributed by atoms with van der Waals surface area (Å²) in [6.45, 7) is -0.245. The van der Waals surface area contributed by atoms with Gasteiger partial charge in [0.15, 0.2) is 6.61 Å². The van der Waals surface area contributed by atoms with Gasteiger partial charge in [-0.15, -0.1) is 0 Å². The fourth-order valence-electron chi connectivity index (χ4n) is 2.98. The molecule has 0 aliphatic rings. The van der Waals surface area contributed by atoms with Crippen LogP contribution in [0.1, 0.15) is 16.2 Å². The van der Waals surface area contributed by atoms with Crippen LogP contribution in [-0.4, -0.2) is 35.3 Å². The van der Waals surface area contributed by atoms with Crippen LogP contribution in [0.4, 0.5) is 0 Å². The summed E-state index contributed by atoms with van der Waals surface area (Å²) >= 11 is 0. The van der Waals surface area contributed by atoms with Crippen molar-refractivity contribution in [3.63, 3.8) is 0 Å². The summed E-state index contributed by atoms with van der Waals surface area (Å²) in [5.74, 6) is 0.846. The Morgan fingerprint density at radius 1 is 1.10 bits per heavy atom. The van der Waals surface area contributed by atoms with E-state index in [1.165, 1.54) is 13.2 Å². The van der Waals surface area contributed by atoms with Crippen molar-refractivity contribution in [2.24, 2.45) is 0 Å². The fraction of sp³-hybridized carbons (Fsp3) is 0.143. The average Bonchev–Trinajstić information content (AvgIpc) is 3.25. The second kappa shape index (κ2) is 8.08. The average molecular weight is 407 g/mol. The van der Waals surface area contributed by atoms with Gasteiger partial charge in [-0.05, 0) is 18.2 Å². The van der Waals surface area contributed by atoms with E-state index in [0.29, 0.717) is 28.0 Å². The van der Waals surface area contributed by atoms with E-state index in [4.69, 9.17) is 18.7 Å². The third kappa shape index (κ3) is 3.72. The zero-order valence-electron chi connectivity index (χ0n) is 16.2. The van der Waals surface area contributed by atoms with Gasteiger partial charge in [0.05, 0.1) is 25.3 Å². The molecule has 0 amide bonds. The quantitative estimate of drug-likeness (QED) is 0.485. The molecule has 0 spiro atoms. The molecule has 0 atom stereocenters. The third-order valence-corrected chi connectivity index (χ3v) is 4.41. The lowest BCUT2D eigenvalue weighted by atomic mass is 10.1. The normalized spacial score (nSPS) is 10.7. The molecule has 9 nitrogen and oxygen atoms in total. The van der Waals surface area contributed by atoms with E-state index >= 15 is 0 Å². The first kappa shape index (κ1) is 19.2. The molecule has 0 radical (unpaired) electrons. The van der Waals surface area contributed by atoms with Gasteiger partial charge in [0.2, 0.25) is 11.4 Å². The number of fused-ring (bicyclic) bond motifs is 1. The molecule has 2 heterocycles. The van der Waals surface area contributed by atoms with Crippen LogP contribution < -0.4 is 15.0 Å². The molecule has 4 aromatic rings. The molecular formula is C21H17N3O6. The molecule has 0 aliphatic heterocycles. The van der Waals surface area contributed by atoms with Gasteiger partial charge in [0.25, 0.3) is 5.89 Å². The first-order chi connectivity index (χ1) is 14.6. The van der Waals surface area contributed by atoms with Gasteiger partial charge in [-0.25, -0.2) is 4.79 Å². The topological polar surface area (TPSA) is 117 Å². The van der Waals surface area contributed by atoms with Gasteiger partial charge in [0, 0.05) is 23.0 Å². The Hall–Kier alpha value is -4.14. The first-order valence-electron chi connectivity index (χ1n) is 8.93. The van der Waals surface area contributed by atoms with Gasteiger partial charge in [0.1, 0.15) is 11.5 Å². The lowest BCUT2D eigenvalue weighted by Gasteiger charge is -2.07. The van der Waals surface area contributed by atoms with Crippen LogP contribution in [0.2, 0.25) is 0 Å². The number of carbonyl (C=O) groups excluding carboxylic acids is 1. The molecule has 0 aliphatic carbocycles. The van der Waals surface area contributed by atoms with E-state index in [9.17, 15) is 9.59 Å². The number of carbonyl (C=O) groups is 1. The molecule has 1 N–H and O–H groups in total. The van der Waals surface area contributed by atoms with Crippen LogP contribution in [0.15, 0.2) is 57.8 Å². The summed E-state index contributed by atoms with van der Waals surface area (Å²) in [5.41, 5.74) is 0.905. The van der Waals surface area contributed by atoms with Gasteiger partial charge >= 0.3 is 5.97 Å². The second-order valence-electron chi connectivity index (χ2n) is 6.25. The maximum absolute atomic E-state index is 12.5. The monoisotopic (exact) mass is 407 g/mol. The van der Waals surface area contributed by atoms with E-state index in [0.717, 1.165) is 0 Å². The Balaban J connectivity index is 1.53. The van der Waals surface area contributed by atoms with E-state index in [1.54, 1.807) is 49.6 Å². The van der Waals surface area contributed by atoms with Crippen LogP contribution in [-0.2, 0) is 11.3 Å². The molecule has 9 heteroatoms. The Morgan fingerprint density at radius 2 is 1.93 bits per heavy atom. The van der Waals surface area contributed by atoms with E-state index in [2.05, 4.69) is 15.1 Å². The smallest absolute Gasteiger partial charge is 0.339 e. The number of aromatic amines is 1. The van der Waals surface area contributed by atoms with E-state index < -0.39 is 11.5 Å². The van der Waals surface area contributed by atoms with Crippen LogP contribution >= 0.6 is 0 Å². The molecule has 4 rings (SSSR count). The number of methoxy groups -OCH3 is 2. The number of hydrogen-bond donors (Lipinski definition) is 1. The van der Waals surface area contributed by atoms with Gasteiger partial charge in [-0.1, -0.05) is 23.4 Å². The number of aromatic nitrogens is 3. The maximum atomic E-state index is 12.5. The largest absolute Gasteiger partial charge is 0.497 e. The van der Waals surface area contributed by atoms with Crippen molar-refractivity contribution >= 4 is 16.9 Å². The number of benzene rings is 2. The van der Waals surface area contributed by atoms with Crippen molar-refractivity contribution in [1.29, 1.82) is 0 Å². The fourth-order valence-corrected chi connectivity index (χ4v) is 2.98. The van der Waals surface area contributed by atoms with Crippen molar-refractivity contribution in [2.45, 2.75) is 6.61 Å². The molecule has 2 aromatic carbocycles. The minimum absolute atomic E-state index is 0.102. The number of ether oxygens (including phenoxy) is 3. The molecule has 30 heavy (non-hydrogen) atoms. The van der Waals surface area contributed by atoms with Crippen molar-refractivity contribution in [1.82, 2.24) is 15.1 Å². The number of nitrogens with zero attached hydrogens (tertiary/aromatic N) is 2. The Morgan fingerprint density at radius 3 is 2.73 bits per heavy atom. The SMILES string of the molecule is COc1ccc(-c2noc(COC(=O)c3cc(=O)[nH]c4ccccc34)n2)c(OC)c1. The van der Waals surface area contributed by atoms with Crippen LogP contribution in [0.5, 0.6) is 11.5 Å². The van der Waals surface area contributed by atoms with Crippen molar-refractivity contribution in [2.75, 3.05) is 14.2 Å². The maximum Gasteiger partial charge on any atom is 0.339 e. The number of esters is 1. The molecule has 152 valence electrons. The van der Waals surface area contributed by atoms with Crippen molar-refractivity contribution < 1.29 is 23.5 Å². The summed E-state index contributed by atoms with van der Waals surface area (Å²) < 4.78 is 21.0. The summed E-state index contributed by atoms with van der Waals surface area (Å²) in [6.07, 6.45) is 0. The zero-order valence-corrected chi connectivity index (χ0v) is 16.2. The van der Waals surface area contributed by atoms with Crippen molar-refractivity contribution in [3.8, 4) is 22.9 Å². The summed E-state index contributed by atoms with van der Waals surface area (Å²) in [7, 11) is 3.08. The van der Waals surface area contributed by atoms with Crippen LogP contribution in [0, 0.1) is 0 Å². The highest BCUT2D eigenvalue weighted by molar-refractivity contribution is 6.03. The minimum Gasteiger partial charge on any atom is -0.497 e. The molecule has 2 aromatic heterocycles. The summed E-state index contributed by atoms with van der Waals surface area (Å²) in [5, 5.41) is 4.49. The molecule has 0 saturated heterocycles. The Labute approximate surface area is 170 Å². The third-order valence-electron chi connectivity index (χ3n) is 4.41. The van der Waals surface area contributed by atoms with E-state index in [1.807, 2.05) is 0 Å². The highest BCUT2D eigenvalue weighted by Crippen LogP contribution is 2.31. The Kier molecular flexibility index (Phi) is 5.17. The number of hydrogen-bond acceptors (Lipinski definition) is 8. The van der Waals surface area contributed by atoms with E-state index in [-0.39, 0.29) is 23.9 Å². The second-order valence-corrected chi connectivity index (χ2v) is 6.25. The predicted octanol–water partition coefficient (Wildman–Crippen LogP) is 2.95. The predicted molar refractivity (Wildman–Crippen MR) is 107 cm³/mol. The standard InChI is InChI=1S/C21H17N3O6/c1-27-12-7-8-14(17(9-12)28-2)20-23-19(30-24-20)11-29-21(26)15-10-18(25)22-16-6-4-3-5-13(15)16/h3-10H,11H2,1-2H3,(H,22,25). The highest BCUT2D eigenvalue weighted by atomic mass is 16.6. The molecule has 0 fully saturated rings. The number of rotatable bonds is 6. The van der Waals surface area contributed by atoms with Gasteiger partial charge in [-0.2, -0.15) is 4.98 Å². The van der Waals surface area contributed by atoms with Gasteiger partial charge in [-0.3, -0.25) is 4.79 Å². The van der Waals surface area contributed by atoms with Crippen LogP contribution in [0.3, 0.4) is 0 Å². The minimum atomic E-state index is -0.668. The number of pyridine rings is 1. The number of H-pyrrole nitrogens is 1. The lowest BCUT2D eigenvalue weighted by Crippen LogP contribution is -2.13. The number of para-hydroxylation sites is 1. The number of nitrogens with one attached hydrogen (secondary N) is 1. The molecule has 0 bridgehead atoms. The lowest BCUT2D eigenvalue weighted by molar-refractivity contribution is 0.0432. The van der Waals surface area contributed by atoms with Crippen molar-refractivity contribution in [3.05, 3.63) is 70.3 Å². The van der Waals surface area contributed by atoms with Gasteiger partial charge < -0.3 is 23.7 Å². The highest BCUT2D eigenvalue weighted by Gasteiger charge is 2.17. The summed E-state index contributed by atoms with van der Waals surface area (Å²) in [4.78, 5) is 31.3.